The number of aromatic nitrogens is 2. The van der Waals surface area contributed by atoms with E-state index < -0.39 is 5.91 Å². The van der Waals surface area contributed by atoms with E-state index in [1.165, 1.54) is 28.6 Å². The van der Waals surface area contributed by atoms with Crippen LogP contribution in [0.1, 0.15) is 36.1 Å². The molecule has 8 heteroatoms. The second kappa shape index (κ2) is 7.09. The molecule has 1 aliphatic carbocycles. The summed E-state index contributed by atoms with van der Waals surface area (Å²) in [6, 6.07) is 0. The second-order valence-corrected chi connectivity index (χ2v) is 8.62. The van der Waals surface area contributed by atoms with Gasteiger partial charge in [0.2, 0.25) is 5.91 Å². The fraction of sp³-hybridized carbons (Fsp3) is 0.588. The summed E-state index contributed by atoms with van der Waals surface area (Å²) in [6.07, 6.45) is 6.30. The molecule has 2 aromatic rings. The first kappa shape index (κ1) is 17.1. The van der Waals surface area contributed by atoms with Gasteiger partial charge in [0.1, 0.15) is 4.83 Å². The molecule has 1 atom stereocenters. The van der Waals surface area contributed by atoms with E-state index >= 15 is 0 Å². The molecule has 0 aromatic carbocycles. The fourth-order valence-electron chi connectivity index (χ4n) is 3.62. The number of aryl methyl sites for hydroxylation is 2. The van der Waals surface area contributed by atoms with Crippen LogP contribution in [0.5, 0.6) is 0 Å². The van der Waals surface area contributed by atoms with Crippen molar-refractivity contribution in [2.75, 3.05) is 12.4 Å². The van der Waals surface area contributed by atoms with Crippen molar-refractivity contribution in [3.63, 3.8) is 0 Å². The molecular formula is C17H21N3O3S2. The number of fused-ring (bicyclic) bond motifs is 3. The molecule has 134 valence electrons. The number of carbonyl (C=O) groups is 1. The third-order valence-corrected chi connectivity index (χ3v) is 6.98. The van der Waals surface area contributed by atoms with Gasteiger partial charge in [0.05, 0.1) is 23.8 Å². The van der Waals surface area contributed by atoms with E-state index in [9.17, 15) is 9.59 Å². The van der Waals surface area contributed by atoms with Gasteiger partial charge < -0.3 is 10.5 Å². The summed E-state index contributed by atoms with van der Waals surface area (Å²) >= 11 is 2.87. The van der Waals surface area contributed by atoms with Crippen molar-refractivity contribution in [1.82, 2.24) is 9.55 Å². The monoisotopic (exact) mass is 379 g/mol. The summed E-state index contributed by atoms with van der Waals surface area (Å²) in [6.45, 7) is 1.24. The van der Waals surface area contributed by atoms with Gasteiger partial charge in [-0.3, -0.25) is 14.2 Å². The molecule has 1 amide bonds. The van der Waals surface area contributed by atoms with Crippen LogP contribution in [0.15, 0.2) is 9.95 Å². The number of primary amides is 1. The summed E-state index contributed by atoms with van der Waals surface area (Å²) in [5, 5.41) is 1.35. The van der Waals surface area contributed by atoms with Gasteiger partial charge in [0, 0.05) is 11.5 Å². The summed E-state index contributed by atoms with van der Waals surface area (Å²) in [4.78, 5) is 31.3. The Balaban J connectivity index is 1.81. The molecule has 0 bridgehead atoms. The summed E-state index contributed by atoms with van der Waals surface area (Å²) in [7, 11) is 0. The van der Waals surface area contributed by atoms with Gasteiger partial charge in [-0.15, -0.1) is 11.3 Å². The Morgan fingerprint density at radius 3 is 2.96 bits per heavy atom. The highest BCUT2D eigenvalue weighted by atomic mass is 32.2. The Hall–Kier alpha value is -1.38. The first-order valence-electron chi connectivity index (χ1n) is 8.71. The van der Waals surface area contributed by atoms with Gasteiger partial charge in [-0.25, -0.2) is 4.98 Å². The lowest BCUT2D eigenvalue weighted by Crippen LogP contribution is -2.29. The lowest BCUT2D eigenvalue weighted by molar-refractivity contribution is -0.115. The maximum Gasteiger partial charge on any atom is 0.263 e. The van der Waals surface area contributed by atoms with Gasteiger partial charge >= 0.3 is 0 Å². The molecule has 6 nitrogen and oxygen atoms in total. The summed E-state index contributed by atoms with van der Waals surface area (Å²) in [5.41, 5.74) is 6.48. The Morgan fingerprint density at radius 2 is 2.20 bits per heavy atom. The maximum atomic E-state index is 13.3. The molecule has 0 saturated carbocycles. The molecule has 1 fully saturated rings. The van der Waals surface area contributed by atoms with Crippen LogP contribution in [0, 0.1) is 0 Å². The SMILES string of the molecule is NC(=O)CSc1nc2sc3c(c2c(=O)n1C[C@H]1CCCO1)CCCC3. The Bertz CT molecular complexity index is 868. The van der Waals surface area contributed by atoms with Crippen LogP contribution in [0.4, 0.5) is 0 Å². The van der Waals surface area contributed by atoms with Gasteiger partial charge in [0.25, 0.3) is 5.56 Å². The average molecular weight is 380 g/mol. The van der Waals surface area contributed by atoms with Crippen molar-refractivity contribution < 1.29 is 9.53 Å². The molecule has 2 aromatic heterocycles. The van der Waals surface area contributed by atoms with Crippen LogP contribution in [0.3, 0.4) is 0 Å². The highest BCUT2D eigenvalue weighted by Gasteiger charge is 2.24. The average Bonchev–Trinajstić information content (AvgIpc) is 3.22. The lowest BCUT2D eigenvalue weighted by Gasteiger charge is -2.16. The maximum absolute atomic E-state index is 13.3. The van der Waals surface area contributed by atoms with Gasteiger partial charge in [0.15, 0.2) is 5.16 Å². The van der Waals surface area contributed by atoms with Crippen LogP contribution >= 0.6 is 23.1 Å². The number of hydrogen-bond acceptors (Lipinski definition) is 6. The quantitative estimate of drug-likeness (QED) is 0.635. The predicted molar refractivity (Wildman–Crippen MR) is 99.4 cm³/mol. The first-order chi connectivity index (χ1) is 12.1. The summed E-state index contributed by atoms with van der Waals surface area (Å²) < 4.78 is 7.41. The minimum absolute atomic E-state index is 0.00636. The van der Waals surface area contributed by atoms with Crippen molar-refractivity contribution >= 4 is 39.2 Å². The van der Waals surface area contributed by atoms with E-state index in [1.807, 2.05) is 0 Å². The predicted octanol–water partition coefficient (Wildman–Crippen LogP) is 2.09. The Labute approximate surface area is 153 Å². The number of nitrogens with zero attached hydrogens (tertiary/aromatic N) is 2. The van der Waals surface area contributed by atoms with E-state index in [-0.39, 0.29) is 17.4 Å². The molecule has 1 saturated heterocycles. The lowest BCUT2D eigenvalue weighted by atomic mass is 9.97. The zero-order chi connectivity index (χ0) is 17.4. The number of amides is 1. The number of hydrogen-bond donors (Lipinski definition) is 1. The normalized spacial score (nSPS) is 20.1. The second-order valence-electron chi connectivity index (χ2n) is 6.59. The topological polar surface area (TPSA) is 87.2 Å². The molecule has 0 unspecified atom stereocenters. The van der Waals surface area contributed by atoms with E-state index in [0.717, 1.165) is 48.9 Å². The molecular weight excluding hydrogens is 358 g/mol. The van der Waals surface area contributed by atoms with Crippen LogP contribution < -0.4 is 11.3 Å². The van der Waals surface area contributed by atoms with E-state index in [4.69, 9.17) is 15.5 Å². The third kappa shape index (κ3) is 3.35. The zero-order valence-electron chi connectivity index (χ0n) is 14.0. The largest absolute Gasteiger partial charge is 0.376 e. The third-order valence-electron chi connectivity index (χ3n) is 4.79. The van der Waals surface area contributed by atoms with Crippen molar-refractivity contribution in [2.24, 2.45) is 5.73 Å². The number of carbonyl (C=O) groups excluding carboxylic acids is 1. The highest BCUT2D eigenvalue weighted by Crippen LogP contribution is 2.34. The van der Waals surface area contributed by atoms with Gasteiger partial charge in [-0.1, -0.05) is 11.8 Å². The summed E-state index contributed by atoms with van der Waals surface area (Å²) in [5.74, 6) is -0.289. The number of thioether (sulfide) groups is 1. The van der Waals surface area contributed by atoms with Gasteiger partial charge in [-0.05, 0) is 44.1 Å². The molecule has 1 aliphatic heterocycles. The number of nitrogens with two attached hydrogens (primary N) is 1. The Kier molecular flexibility index (Phi) is 4.84. The van der Waals surface area contributed by atoms with E-state index in [1.54, 1.807) is 15.9 Å². The zero-order valence-corrected chi connectivity index (χ0v) is 15.6. The highest BCUT2D eigenvalue weighted by molar-refractivity contribution is 7.99. The smallest absolute Gasteiger partial charge is 0.263 e. The molecule has 2 aliphatic rings. The Morgan fingerprint density at radius 1 is 1.36 bits per heavy atom. The molecule has 0 radical (unpaired) electrons. The number of thiophene rings is 1. The fourth-order valence-corrected chi connectivity index (χ4v) is 5.67. The standard InChI is InChI=1S/C17H21N3O3S2/c18-13(21)9-24-17-19-15-14(11-5-1-2-6-12(11)25-15)16(22)20(17)8-10-4-3-7-23-10/h10H,1-9H2,(H2,18,21)/t10-/m1/s1. The first-order valence-corrected chi connectivity index (χ1v) is 10.5. The molecule has 3 heterocycles. The van der Waals surface area contributed by atoms with Crippen LogP contribution in [0.25, 0.3) is 10.2 Å². The van der Waals surface area contributed by atoms with E-state index in [2.05, 4.69) is 0 Å². The minimum atomic E-state index is -0.409. The van der Waals surface area contributed by atoms with Crippen molar-refractivity contribution in [1.29, 1.82) is 0 Å². The van der Waals surface area contributed by atoms with Crippen LogP contribution in [0.2, 0.25) is 0 Å². The molecule has 0 spiro atoms. The van der Waals surface area contributed by atoms with Gasteiger partial charge in [-0.2, -0.15) is 0 Å². The van der Waals surface area contributed by atoms with Crippen LogP contribution in [-0.4, -0.2) is 33.9 Å². The molecule has 4 rings (SSSR count). The van der Waals surface area contributed by atoms with Crippen molar-refractivity contribution in [3.05, 3.63) is 20.8 Å². The number of rotatable bonds is 5. The van der Waals surface area contributed by atoms with E-state index in [0.29, 0.717) is 11.7 Å². The molecule has 25 heavy (non-hydrogen) atoms. The molecule has 2 N–H and O–H groups in total. The number of ether oxygens (including phenoxy) is 1. The van der Waals surface area contributed by atoms with Crippen LogP contribution in [-0.2, 0) is 28.9 Å². The minimum Gasteiger partial charge on any atom is -0.376 e. The van der Waals surface area contributed by atoms with Crippen molar-refractivity contribution in [3.8, 4) is 0 Å². The van der Waals surface area contributed by atoms with Crippen molar-refractivity contribution in [2.45, 2.75) is 56.3 Å².